The molecule has 1 amide bonds. The Morgan fingerprint density at radius 3 is 2.27 bits per heavy atom. The van der Waals surface area contributed by atoms with E-state index >= 15 is 0 Å². The maximum absolute atomic E-state index is 12.4. The minimum Gasteiger partial charge on any atom is -0.449 e. The number of hydrogen-bond donors (Lipinski definition) is 1. The first-order chi connectivity index (χ1) is 15.6. The minimum absolute atomic E-state index is 0.262. The molecular formula is C26H43N2O4S+. The summed E-state index contributed by atoms with van der Waals surface area (Å²) in [5.74, 6) is 0. The predicted molar refractivity (Wildman–Crippen MR) is 136 cm³/mol. The van der Waals surface area contributed by atoms with Gasteiger partial charge in [0.05, 0.1) is 39.2 Å². The molecule has 0 heterocycles. The van der Waals surface area contributed by atoms with Gasteiger partial charge in [-0.1, -0.05) is 38.3 Å². The molecule has 0 atom stereocenters. The summed E-state index contributed by atoms with van der Waals surface area (Å²) in [6.45, 7) is 3.70. The third-order valence-electron chi connectivity index (χ3n) is 5.19. The van der Waals surface area contributed by atoms with Crippen LogP contribution in [0.3, 0.4) is 0 Å². The lowest BCUT2D eigenvalue weighted by Crippen LogP contribution is -2.35. The van der Waals surface area contributed by atoms with Gasteiger partial charge in [-0.05, 0) is 68.4 Å². The Morgan fingerprint density at radius 2 is 1.61 bits per heavy atom. The number of alkyl carbamates (subject to hydrolysis) is 1. The Labute approximate surface area is 201 Å². The highest BCUT2D eigenvalue weighted by atomic mass is 32.2. The van der Waals surface area contributed by atoms with Gasteiger partial charge in [0.1, 0.15) is 0 Å². The molecule has 0 spiro atoms. The van der Waals surface area contributed by atoms with Gasteiger partial charge in [-0.15, -0.1) is 0 Å². The minimum atomic E-state index is -3.52. The summed E-state index contributed by atoms with van der Waals surface area (Å²) in [5, 5.41) is 3.60. The highest BCUT2D eigenvalue weighted by Gasteiger charge is 2.09. The maximum atomic E-state index is 12.4. The van der Waals surface area contributed by atoms with Gasteiger partial charge in [-0.3, -0.25) is 5.32 Å². The first-order valence-corrected chi connectivity index (χ1v) is 13.6. The van der Waals surface area contributed by atoms with Crippen LogP contribution in [0.5, 0.6) is 0 Å². The number of hydrogen-bond acceptors (Lipinski definition) is 4. The van der Waals surface area contributed by atoms with Gasteiger partial charge in [0.2, 0.25) is 0 Å². The fraction of sp³-hybridized carbons (Fsp3) is 0.577. The molecule has 0 aromatic heterocycles. The number of sulfone groups is 1. The van der Waals surface area contributed by atoms with E-state index in [1.165, 1.54) is 37.6 Å². The second kappa shape index (κ2) is 15.7. The number of carbonyl (C=O) groups excluding carboxylic acids is 1. The quantitative estimate of drug-likeness (QED) is 0.190. The number of ether oxygens (including phenoxy) is 1. The van der Waals surface area contributed by atoms with Crippen molar-refractivity contribution in [2.45, 2.75) is 69.6 Å². The van der Waals surface area contributed by atoms with Crippen LogP contribution in [0.2, 0.25) is 0 Å². The van der Waals surface area contributed by atoms with E-state index < -0.39 is 15.9 Å². The van der Waals surface area contributed by atoms with Crippen molar-refractivity contribution in [1.82, 2.24) is 5.32 Å². The first kappa shape index (κ1) is 28.9. The topological polar surface area (TPSA) is 72.5 Å². The van der Waals surface area contributed by atoms with Gasteiger partial charge in [0.25, 0.3) is 0 Å². The van der Waals surface area contributed by atoms with Crippen molar-refractivity contribution >= 4 is 15.9 Å². The van der Waals surface area contributed by atoms with Crippen LogP contribution in [0.25, 0.3) is 0 Å². The average Bonchev–Trinajstić information content (AvgIpc) is 2.75. The zero-order chi connectivity index (χ0) is 24.6. The summed E-state index contributed by atoms with van der Waals surface area (Å²) in [7, 11) is 3.02. The number of nitrogens with zero attached hydrogens (tertiary/aromatic N) is 1. The third kappa shape index (κ3) is 14.6. The second-order valence-corrected chi connectivity index (χ2v) is 11.2. The molecule has 33 heavy (non-hydrogen) atoms. The van der Waals surface area contributed by atoms with Gasteiger partial charge in [0.15, 0.2) is 9.84 Å². The van der Waals surface area contributed by atoms with E-state index in [1.807, 2.05) is 12.1 Å². The Morgan fingerprint density at radius 1 is 0.939 bits per heavy atom. The molecule has 186 valence electrons. The van der Waals surface area contributed by atoms with E-state index in [-0.39, 0.29) is 4.90 Å². The molecule has 0 saturated heterocycles. The van der Waals surface area contributed by atoms with Crippen molar-refractivity contribution in [3.05, 3.63) is 53.6 Å². The molecule has 0 bridgehead atoms. The Bertz CT molecular complexity index is 838. The molecule has 0 saturated carbocycles. The number of quaternary nitrogens is 1. The Balaban J connectivity index is 2.28. The van der Waals surface area contributed by atoms with Crippen LogP contribution in [0.4, 0.5) is 4.79 Å². The van der Waals surface area contributed by atoms with E-state index in [0.29, 0.717) is 6.61 Å². The lowest BCUT2D eigenvalue weighted by molar-refractivity contribution is -0.870. The third-order valence-corrected chi connectivity index (χ3v) is 6.64. The van der Waals surface area contributed by atoms with Gasteiger partial charge in [0, 0.05) is 11.6 Å². The molecule has 1 aromatic rings. The summed E-state index contributed by atoms with van der Waals surface area (Å²) in [6, 6.07) is 7.06. The van der Waals surface area contributed by atoms with E-state index in [1.54, 1.807) is 12.1 Å². The first-order valence-electron chi connectivity index (χ1n) is 12.0. The van der Waals surface area contributed by atoms with Crippen LogP contribution in [0.1, 0.15) is 63.9 Å². The van der Waals surface area contributed by atoms with Crippen LogP contribution in [-0.2, 0) is 21.0 Å². The number of benzene rings is 1. The van der Waals surface area contributed by atoms with Gasteiger partial charge >= 0.3 is 6.09 Å². The van der Waals surface area contributed by atoms with Crippen LogP contribution in [0, 0.1) is 0 Å². The lowest BCUT2D eigenvalue weighted by atomic mass is 10.1. The fourth-order valence-electron chi connectivity index (χ4n) is 3.25. The molecule has 0 radical (unpaired) electrons. The molecule has 7 heteroatoms. The number of amides is 1. The zero-order valence-corrected chi connectivity index (χ0v) is 21.7. The van der Waals surface area contributed by atoms with Crippen LogP contribution in [-0.4, -0.2) is 53.3 Å². The van der Waals surface area contributed by atoms with Crippen LogP contribution in [0.15, 0.2) is 52.9 Å². The number of rotatable bonds is 16. The lowest BCUT2D eigenvalue weighted by Gasteiger charge is -2.23. The molecule has 1 N–H and O–H groups in total. The highest BCUT2D eigenvalue weighted by Crippen LogP contribution is 2.15. The largest absolute Gasteiger partial charge is 0.449 e. The molecule has 1 rings (SSSR count). The maximum Gasteiger partial charge on any atom is 0.411 e. The van der Waals surface area contributed by atoms with E-state index in [9.17, 15) is 13.2 Å². The standard InChI is InChI=1S/C26H42N2O4S/c1-5-6-7-10-15-24-16-18-25(19-17-24)33(30,31)23-14-11-20-27-26(29)32-22-13-9-8-12-21-28(2,3)4/h11,14,16-20,23H,5-10,12-13,15,21-22H2,1-4H3/p+1/b20-11+,23-14+. The summed E-state index contributed by atoms with van der Waals surface area (Å²) in [6.07, 6.45) is 13.6. The van der Waals surface area contributed by atoms with Crippen molar-refractivity contribution in [2.75, 3.05) is 34.3 Å². The van der Waals surface area contributed by atoms with E-state index in [2.05, 4.69) is 33.4 Å². The molecule has 0 fully saturated rings. The summed E-state index contributed by atoms with van der Waals surface area (Å²) >= 11 is 0. The second-order valence-electron chi connectivity index (χ2n) is 9.40. The molecule has 0 unspecified atom stereocenters. The molecule has 0 aliphatic heterocycles. The number of aryl methyl sites for hydroxylation is 1. The van der Waals surface area contributed by atoms with E-state index in [4.69, 9.17) is 4.74 Å². The average molecular weight is 480 g/mol. The normalized spacial score (nSPS) is 12.5. The van der Waals surface area contributed by atoms with Crippen molar-refractivity contribution < 1.29 is 22.4 Å². The number of carbonyl (C=O) groups is 1. The highest BCUT2D eigenvalue weighted by molar-refractivity contribution is 7.94. The van der Waals surface area contributed by atoms with Crippen molar-refractivity contribution in [1.29, 1.82) is 0 Å². The summed E-state index contributed by atoms with van der Waals surface area (Å²) in [5.41, 5.74) is 1.15. The Kier molecular flexibility index (Phi) is 13.7. The number of nitrogens with one attached hydrogen (secondary N) is 1. The smallest absolute Gasteiger partial charge is 0.411 e. The van der Waals surface area contributed by atoms with Crippen LogP contribution >= 0.6 is 0 Å². The molecular weight excluding hydrogens is 436 g/mol. The molecule has 1 aromatic carbocycles. The SMILES string of the molecule is CCCCCCc1ccc(S(=O)(=O)/C=C/C=C/NC(=O)OCCCCCC[N+](C)(C)C)cc1. The van der Waals surface area contributed by atoms with Gasteiger partial charge in [-0.25, -0.2) is 13.2 Å². The van der Waals surface area contributed by atoms with Crippen LogP contribution < -0.4 is 5.32 Å². The molecule has 6 nitrogen and oxygen atoms in total. The van der Waals surface area contributed by atoms with Crippen molar-refractivity contribution in [3.8, 4) is 0 Å². The van der Waals surface area contributed by atoms with Crippen molar-refractivity contribution in [2.24, 2.45) is 0 Å². The summed E-state index contributed by atoms with van der Waals surface area (Å²) < 4.78 is 30.9. The van der Waals surface area contributed by atoms with Gasteiger partial charge in [-0.2, -0.15) is 0 Å². The summed E-state index contributed by atoms with van der Waals surface area (Å²) in [4.78, 5) is 11.9. The Hall–Kier alpha value is -2.12. The monoisotopic (exact) mass is 479 g/mol. The zero-order valence-electron chi connectivity index (χ0n) is 20.9. The van der Waals surface area contributed by atoms with E-state index in [0.717, 1.165) is 60.5 Å². The van der Waals surface area contributed by atoms with Gasteiger partial charge < -0.3 is 9.22 Å². The molecule has 0 aliphatic rings. The number of allylic oxidation sites excluding steroid dienone is 2. The predicted octanol–water partition coefficient (Wildman–Crippen LogP) is 5.60. The fourth-order valence-corrected chi connectivity index (χ4v) is 4.22. The molecule has 0 aliphatic carbocycles. The number of unbranched alkanes of at least 4 members (excludes halogenated alkanes) is 6. The van der Waals surface area contributed by atoms with Crippen molar-refractivity contribution in [3.63, 3.8) is 0 Å².